The molecule has 0 aromatic rings. The third-order valence-corrected chi connectivity index (χ3v) is 3.98. The van der Waals surface area contributed by atoms with Gasteiger partial charge in [-0.15, -0.1) is 0 Å². The van der Waals surface area contributed by atoms with E-state index in [4.69, 9.17) is 25.2 Å². The van der Waals surface area contributed by atoms with Gasteiger partial charge in [0.25, 0.3) is 0 Å². The summed E-state index contributed by atoms with van der Waals surface area (Å²) >= 11 is 4.09. The van der Waals surface area contributed by atoms with Crippen LogP contribution in [0.15, 0.2) is 0 Å². The first-order valence-corrected chi connectivity index (χ1v) is 7.25. The van der Waals surface area contributed by atoms with Gasteiger partial charge in [0.05, 0.1) is 17.7 Å². The molecular formula is C8H12BI2NO4. The Morgan fingerprint density at radius 1 is 1.62 bits per heavy atom. The van der Waals surface area contributed by atoms with E-state index in [9.17, 15) is 0 Å². The molecule has 0 N–H and O–H groups in total. The molecule has 0 aromatic heterocycles. The van der Waals surface area contributed by atoms with E-state index in [1.54, 1.807) is 7.11 Å². The second-order valence-electron chi connectivity index (χ2n) is 3.89. The zero-order chi connectivity index (χ0) is 11.8. The quantitative estimate of drug-likeness (QED) is 0.272. The molecule has 0 aliphatic carbocycles. The molecule has 2 radical (unpaired) electrons. The minimum atomic E-state index is -0.524. The van der Waals surface area contributed by atoms with Gasteiger partial charge in [-0.3, -0.25) is 4.84 Å². The Kier molecular flexibility index (Phi) is 4.75. The summed E-state index contributed by atoms with van der Waals surface area (Å²) in [6, 6.07) is -0.468. The highest BCUT2D eigenvalue weighted by atomic mass is 127. The summed E-state index contributed by atoms with van der Waals surface area (Å²) in [6.45, 7) is 1.04. The molecule has 90 valence electrons. The van der Waals surface area contributed by atoms with Crippen LogP contribution in [0.3, 0.4) is 0 Å². The van der Waals surface area contributed by atoms with Gasteiger partial charge >= 0.3 is 0 Å². The van der Waals surface area contributed by atoms with Crippen LogP contribution in [-0.4, -0.2) is 61.5 Å². The fraction of sp³-hybridized carbons (Fsp3) is 1.00. The third-order valence-electron chi connectivity index (χ3n) is 2.91. The lowest BCUT2D eigenvalue weighted by Crippen LogP contribution is -2.60. The molecule has 0 spiro atoms. The van der Waals surface area contributed by atoms with Crippen LogP contribution < -0.4 is 0 Å². The fourth-order valence-electron chi connectivity index (χ4n) is 2.30. The maximum Gasteiger partial charge on any atom is 0.135 e. The van der Waals surface area contributed by atoms with Crippen LogP contribution in [0.25, 0.3) is 0 Å². The first-order valence-electron chi connectivity index (χ1n) is 4.84. The Bertz CT molecular complexity index is 262. The SMILES string of the molecule is [B]C1OC2(COI)CN(CI)OC1C2OC. The number of halogens is 2. The highest BCUT2D eigenvalue weighted by Crippen LogP contribution is 2.40. The molecule has 2 saturated heterocycles. The molecule has 0 saturated carbocycles. The number of nitrogens with zero attached hydrogens (tertiary/aromatic N) is 1. The molecule has 0 aromatic carbocycles. The van der Waals surface area contributed by atoms with Gasteiger partial charge < -0.3 is 12.5 Å². The minimum Gasteiger partial charge on any atom is -0.375 e. The largest absolute Gasteiger partial charge is 0.375 e. The number of alkyl halides is 1. The first-order chi connectivity index (χ1) is 7.66. The Labute approximate surface area is 124 Å². The average Bonchev–Trinajstić information content (AvgIpc) is 2.42. The number of methoxy groups -OCH3 is 1. The summed E-state index contributed by atoms with van der Waals surface area (Å²) in [5, 5.41) is 1.84. The topological polar surface area (TPSA) is 40.2 Å². The van der Waals surface area contributed by atoms with Gasteiger partial charge in [0.1, 0.15) is 48.7 Å². The lowest BCUT2D eigenvalue weighted by atomic mass is 9.88. The van der Waals surface area contributed by atoms with Crippen molar-refractivity contribution in [2.75, 3.05) is 24.8 Å². The monoisotopic (exact) mass is 451 g/mol. The van der Waals surface area contributed by atoms with Gasteiger partial charge in [0.2, 0.25) is 0 Å². The standard InChI is InChI=1S/C8H12BI2NO4/c1-13-6-5-7(9)15-8(6,3-14-11)2-12(4-10)16-5/h5-7H,2-4H2,1H3. The van der Waals surface area contributed by atoms with Crippen LogP contribution in [0.5, 0.6) is 0 Å². The van der Waals surface area contributed by atoms with E-state index < -0.39 is 11.6 Å². The van der Waals surface area contributed by atoms with Crippen LogP contribution in [0, 0.1) is 0 Å². The first kappa shape index (κ1) is 13.7. The molecule has 2 heterocycles. The summed E-state index contributed by atoms with van der Waals surface area (Å²) in [4.78, 5) is 5.71. The predicted molar refractivity (Wildman–Crippen MR) is 74.6 cm³/mol. The molecule has 2 bridgehead atoms. The molecule has 8 heteroatoms. The smallest absolute Gasteiger partial charge is 0.135 e. The zero-order valence-electron chi connectivity index (χ0n) is 8.77. The van der Waals surface area contributed by atoms with E-state index in [1.807, 2.05) is 28.1 Å². The Balaban J connectivity index is 2.22. The van der Waals surface area contributed by atoms with Gasteiger partial charge in [-0.1, -0.05) is 22.6 Å². The molecular weight excluding hydrogens is 439 g/mol. The lowest BCUT2D eigenvalue weighted by molar-refractivity contribution is -0.259. The van der Waals surface area contributed by atoms with Gasteiger partial charge in [0, 0.05) is 13.1 Å². The fourth-order valence-corrected chi connectivity index (χ4v) is 3.23. The molecule has 2 fully saturated rings. The molecule has 5 nitrogen and oxygen atoms in total. The maximum atomic E-state index is 5.90. The van der Waals surface area contributed by atoms with Crippen molar-refractivity contribution in [3.8, 4) is 0 Å². The normalized spacial score (nSPS) is 43.8. The van der Waals surface area contributed by atoms with Crippen molar-refractivity contribution in [1.29, 1.82) is 0 Å². The molecule has 2 aliphatic heterocycles. The van der Waals surface area contributed by atoms with Crippen molar-refractivity contribution >= 4 is 53.4 Å². The summed E-state index contributed by atoms with van der Waals surface area (Å²) in [5.74, 6) is 0. The Morgan fingerprint density at radius 3 is 2.94 bits per heavy atom. The maximum absolute atomic E-state index is 5.90. The van der Waals surface area contributed by atoms with E-state index >= 15 is 0 Å². The van der Waals surface area contributed by atoms with Crippen molar-refractivity contribution in [1.82, 2.24) is 5.06 Å². The molecule has 4 atom stereocenters. The molecule has 16 heavy (non-hydrogen) atoms. The highest BCUT2D eigenvalue weighted by molar-refractivity contribution is 14.1. The number of hydrogen-bond donors (Lipinski definition) is 0. The van der Waals surface area contributed by atoms with Gasteiger partial charge in [-0.2, -0.15) is 5.06 Å². The minimum absolute atomic E-state index is 0.184. The van der Waals surface area contributed by atoms with Crippen LogP contribution in [0.1, 0.15) is 0 Å². The number of hydrogen-bond acceptors (Lipinski definition) is 5. The number of rotatable bonds is 4. The van der Waals surface area contributed by atoms with Crippen LogP contribution in [0.4, 0.5) is 0 Å². The summed E-state index contributed by atoms with van der Waals surface area (Å²) in [7, 11) is 7.55. The predicted octanol–water partition coefficient (Wildman–Crippen LogP) is 0.640. The highest BCUT2D eigenvalue weighted by Gasteiger charge is 2.59. The van der Waals surface area contributed by atoms with Crippen LogP contribution in [-0.2, 0) is 17.4 Å². The summed E-state index contributed by atoms with van der Waals surface area (Å²) in [5.41, 5.74) is -0.524. The summed E-state index contributed by atoms with van der Waals surface area (Å²) in [6.07, 6.45) is -0.448. The van der Waals surface area contributed by atoms with E-state index in [-0.39, 0.29) is 12.2 Å². The molecule has 0 amide bonds. The van der Waals surface area contributed by atoms with Crippen molar-refractivity contribution in [3.05, 3.63) is 0 Å². The van der Waals surface area contributed by atoms with Crippen molar-refractivity contribution in [3.63, 3.8) is 0 Å². The van der Waals surface area contributed by atoms with Crippen molar-refractivity contribution in [2.45, 2.75) is 23.8 Å². The van der Waals surface area contributed by atoms with Gasteiger partial charge in [-0.25, -0.2) is 0 Å². The molecule has 4 unspecified atom stereocenters. The third kappa shape index (κ3) is 2.26. The zero-order valence-corrected chi connectivity index (χ0v) is 13.1. The van der Waals surface area contributed by atoms with E-state index in [0.29, 0.717) is 13.2 Å². The Morgan fingerprint density at radius 2 is 2.38 bits per heavy atom. The van der Waals surface area contributed by atoms with Gasteiger partial charge in [-0.05, 0) is 0 Å². The van der Waals surface area contributed by atoms with E-state index in [1.165, 1.54) is 0 Å². The number of fused-ring (bicyclic) bond motifs is 2. The van der Waals surface area contributed by atoms with E-state index in [2.05, 4.69) is 22.6 Å². The lowest BCUT2D eigenvalue weighted by Gasteiger charge is -2.41. The average molecular weight is 451 g/mol. The van der Waals surface area contributed by atoms with Crippen LogP contribution in [0.2, 0.25) is 0 Å². The van der Waals surface area contributed by atoms with Gasteiger partial charge in [0.15, 0.2) is 0 Å². The van der Waals surface area contributed by atoms with Crippen LogP contribution >= 0.6 is 45.6 Å². The second-order valence-corrected chi connectivity index (χ2v) is 5.19. The van der Waals surface area contributed by atoms with Crippen molar-refractivity contribution < 1.29 is 17.4 Å². The molecule has 2 aliphatic rings. The van der Waals surface area contributed by atoms with Crippen molar-refractivity contribution in [2.24, 2.45) is 0 Å². The summed E-state index contributed by atoms with van der Waals surface area (Å²) < 4.78 is 17.2. The Hall–Kier alpha value is 1.32. The van der Waals surface area contributed by atoms with E-state index in [0.717, 1.165) is 4.55 Å². The second kappa shape index (κ2) is 5.53. The number of hydroxylamine groups is 2. The number of ether oxygens (including phenoxy) is 2. The molecule has 2 rings (SSSR count).